The van der Waals surface area contributed by atoms with Crippen LogP contribution in [-0.2, 0) is 14.5 Å². The number of carbonyl (C=O) groups is 2. The third-order valence-corrected chi connectivity index (χ3v) is 6.64. The maximum Gasteiger partial charge on any atom is 0.266 e. The molecule has 1 N–H and O–H groups in total. The number of carbonyl (C=O) groups excluding carboxylic acids is 2. The normalized spacial score (nSPS) is 22.7. The number of nitrogens with zero attached hydrogens (tertiary/aromatic N) is 1. The van der Waals surface area contributed by atoms with E-state index in [1.807, 2.05) is 85.8 Å². The Hall–Kier alpha value is -3.25. The summed E-state index contributed by atoms with van der Waals surface area (Å²) in [6, 6.07) is 24.3. The predicted molar refractivity (Wildman–Crippen MR) is 114 cm³/mol. The van der Waals surface area contributed by atoms with Crippen LogP contribution in [0.15, 0.2) is 78.9 Å². The number of amides is 2. The van der Waals surface area contributed by atoms with Gasteiger partial charge < -0.3 is 10.1 Å². The van der Waals surface area contributed by atoms with Crippen LogP contribution in [0, 0.1) is 0 Å². The van der Waals surface area contributed by atoms with Crippen LogP contribution in [0.25, 0.3) is 0 Å². The quantitative estimate of drug-likeness (QED) is 0.687. The van der Waals surface area contributed by atoms with Crippen molar-refractivity contribution in [3.05, 3.63) is 84.4 Å². The number of hydrogen-bond donors (Lipinski definition) is 1. The number of thioether (sulfide) groups is 1. The van der Waals surface area contributed by atoms with Crippen LogP contribution in [0.3, 0.4) is 0 Å². The average molecular weight is 402 g/mol. The number of nitrogens with one attached hydrogen (secondary N) is 1. The van der Waals surface area contributed by atoms with E-state index in [1.165, 1.54) is 11.8 Å². The van der Waals surface area contributed by atoms with Gasteiger partial charge in [0.25, 0.3) is 5.91 Å². The second kappa shape index (κ2) is 6.67. The largest absolute Gasteiger partial charge is 0.457 e. The lowest BCUT2D eigenvalue weighted by atomic mass is 10.0. The van der Waals surface area contributed by atoms with E-state index < -0.39 is 4.87 Å². The van der Waals surface area contributed by atoms with Gasteiger partial charge in [0.1, 0.15) is 11.5 Å². The molecule has 0 saturated carbocycles. The lowest BCUT2D eigenvalue weighted by molar-refractivity contribution is -0.122. The highest BCUT2D eigenvalue weighted by molar-refractivity contribution is 8.03. The summed E-state index contributed by atoms with van der Waals surface area (Å²) in [4.78, 5) is 26.7. The molecular formula is C23H18N2O3S. The van der Waals surface area contributed by atoms with Gasteiger partial charge in [-0.05, 0) is 49.4 Å². The minimum atomic E-state index is -1.09. The molecule has 0 aromatic heterocycles. The maximum absolute atomic E-state index is 13.1. The van der Waals surface area contributed by atoms with Crippen molar-refractivity contribution >= 4 is 35.0 Å². The fraction of sp³-hybridized carbons (Fsp3) is 0.130. The molecule has 3 aromatic rings. The molecule has 0 bridgehead atoms. The fourth-order valence-electron chi connectivity index (χ4n) is 3.85. The molecule has 29 heavy (non-hydrogen) atoms. The van der Waals surface area contributed by atoms with Crippen molar-refractivity contribution in [2.45, 2.75) is 17.0 Å². The molecule has 5 rings (SSSR count). The van der Waals surface area contributed by atoms with E-state index in [4.69, 9.17) is 4.74 Å². The monoisotopic (exact) mass is 402 g/mol. The van der Waals surface area contributed by atoms with E-state index in [2.05, 4.69) is 5.32 Å². The van der Waals surface area contributed by atoms with E-state index >= 15 is 0 Å². The molecule has 2 amide bonds. The van der Waals surface area contributed by atoms with Crippen LogP contribution in [0.5, 0.6) is 11.5 Å². The standard InChI is InChI=1S/C23H18N2O3S/c1-15-21(26)25(23(29-15)19-9-5-6-10-20(19)24-22(23)27)16-11-13-18(14-12-16)28-17-7-3-2-4-8-17/h2-15H,1H3,(H,24,27)/t15-,23-/m1/s1. The molecule has 2 atom stereocenters. The van der Waals surface area contributed by atoms with E-state index in [-0.39, 0.29) is 17.1 Å². The summed E-state index contributed by atoms with van der Waals surface area (Å²) in [5, 5.41) is 2.61. The summed E-state index contributed by atoms with van der Waals surface area (Å²) in [6.45, 7) is 1.84. The zero-order valence-electron chi connectivity index (χ0n) is 15.7. The van der Waals surface area contributed by atoms with Gasteiger partial charge in [-0.3, -0.25) is 14.5 Å². The molecule has 1 saturated heterocycles. The number of fused-ring (bicyclic) bond motifs is 2. The molecule has 0 aliphatic carbocycles. The molecule has 1 spiro atoms. The lowest BCUT2D eigenvalue weighted by Crippen LogP contribution is -2.47. The number of anilines is 2. The molecule has 2 aliphatic heterocycles. The molecule has 5 nitrogen and oxygen atoms in total. The second-order valence-electron chi connectivity index (χ2n) is 6.99. The first-order chi connectivity index (χ1) is 14.1. The lowest BCUT2D eigenvalue weighted by Gasteiger charge is -2.32. The van der Waals surface area contributed by atoms with Gasteiger partial charge in [0.2, 0.25) is 10.8 Å². The molecule has 2 aliphatic rings. The van der Waals surface area contributed by atoms with Crippen molar-refractivity contribution in [2.75, 3.05) is 10.2 Å². The van der Waals surface area contributed by atoms with E-state index in [1.54, 1.807) is 4.90 Å². The summed E-state index contributed by atoms with van der Waals surface area (Å²) < 4.78 is 5.85. The van der Waals surface area contributed by atoms with Crippen LogP contribution in [0.2, 0.25) is 0 Å². The van der Waals surface area contributed by atoms with Crippen LogP contribution >= 0.6 is 11.8 Å². The van der Waals surface area contributed by atoms with Crippen molar-refractivity contribution in [3.63, 3.8) is 0 Å². The number of rotatable bonds is 3. The van der Waals surface area contributed by atoms with E-state index in [9.17, 15) is 9.59 Å². The Labute approximate surface area is 172 Å². The fourth-order valence-corrected chi connectivity index (χ4v) is 5.33. The first kappa shape index (κ1) is 17.8. The molecule has 0 radical (unpaired) electrons. The number of hydrogen-bond acceptors (Lipinski definition) is 4. The maximum atomic E-state index is 13.1. The van der Waals surface area contributed by atoms with Gasteiger partial charge >= 0.3 is 0 Å². The first-order valence-electron chi connectivity index (χ1n) is 9.35. The highest BCUT2D eigenvalue weighted by Crippen LogP contribution is 2.56. The van der Waals surface area contributed by atoms with Crippen LogP contribution in [0.1, 0.15) is 12.5 Å². The molecular weight excluding hydrogens is 384 g/mol. The summed E-state index contributed by atoms with van der Waals surface area (Å²) in [5.41, 5.74) is 2.23. The SMILES string of the molecule is C[C@H]1S[C@]2(C(=O)Nc3ccccc32)N(c2ccc(Oc3ccccc3)cc2)C1=O. The topological polar surface area (TPSA) is 58.6 Å². The smallest absolute Gasteiger partial charge is 0.266 e. The number of benzene rings is 3. The van der Waals surface area contributed by atoms with Gasteiger partial charge in [-0.25, -0.2) is 0 Å². The molecule has 2 heterocycles. The Bertz CT molecular complexity index is 1100. The Kier molecular flexibility index (Phi) is 4.10. The average Bonchev–Trinajstić information content (AvgIpc) is 3.17. The van der Waals surface area contributed by atoms with E-state index in [0.29, 0.717) is 11.4 Å². The number of ether oxygens (including phenoxy) is 1. The van der Waals surface area contributed by atoms with Gasteiger partial charge in [0.05, 0.1) is 5.25 Å². The zero-order valence-corrected chi connectivity index (χ0v) is 16.5. The summed E-state index contributed by atoms with van der Waals surface area (Å²) in [6.07, 6.45) is 0. The Morgan fingerprint density at radius 1 is 0.897 bits per heavy atom. The summed E-state index contributed by atoms with van der Waals surface area (Å²) in [5.74, 6) is 1.13. The Morgan fingerprint density at radius 3 is 2.31 bits per heavy atom. The highest BCUT2D eigenvalue weighted by Gasteiger charge is 2.60. The van der Waals surface area contributed by atoms with Gasteiger partial charge in [0, 0.05) is 16.9 Å². The van der Waals surface area contributed by atoms with Crippen molar-refractivity contribution in [3.8, 4) is 11.5 Å². The summed E-state index contributed by atoms with van der Waals surface area (Å²) in [7, 11) is 0. The molecule has 3 aromatic carbocycles. The van der Waals surface area contributed by atoms with Crippen LogP contribution in [0.4, 0.5) is 11.4 Å². The molecule has 0 unspecified atom stereocenters. The van der Waals surface area contributed by atoms with Crippen molar-refractivity contribution in [2.24, 2.45) is 0 Å². The van der Waals surface area contributed by atoms with Gasteiger partial charge in [0.15, 0.2) is 0 Å². The molecule has 144 valence electrons. The minimum Gasteiger partial charge on any atom is -0.457 e. The second-order valence-corrected chi connectivity index (χ2v) is 8.52. The van der Waals surface area contributed by atoms with Crippen molar-refractivity contribution in [1.29, 1.82) is 0 Å². The van der Waals surface area contributed by atoms with Gasteiger partial charge in [-0.15, -0.1) is 11.8 Å². The van der Waals surface area contributed by atoms with Crippen LogP contribution < -0.4 is 15.0 Å². The van der Waals surface area contributed by atoms with E-state index in [0.717, 1.165) is 17.0 Å². The predicted octanol–water partition coefficient (Wildman–Crippen LogP) is 4.75. The minimum absolute atomic E-state index is 0.0846. The highest BCUT2D eigenvalue weighted by atomic mass is 32.2. The summed E-state index contributed by atoms with van der Waals surface area (Å²) >= 11 is 1.38. The zero-order chi connectivity index (χ0) is 20.0. The Balaban J connectivity index is 1.54. The molecule has 1 fully saturated rings. The molecule has 6 heteroatoms. The van der Waals surface area contributed by atoms with Gasteiger partial charge in [-0.1, -0.05) is 36.4 Å². The first-order valence-corrected chi connectivity index (χ1v) is 10.2. The third-order valence-electron chi connectivity index (χ3n) is 5.15. The van der Waals surface area contributed by atoms with Crippen molar-refractivity contribution in [1.82, 2.24) is 0 Å². The van der Waals surface area contributed by atoms with Crippen LogP contribution in [-0.4, -0.2) is 17.1 Å². The van der Waals surface area contributed by atoms with Crippen molar-refractivity contribution < 1.29 is 14.3 Å². The number of para-hydroxylation sites is 2. The third kappa shape index (κ3) is 2.71. The van der Waals surface area contributed by atoms with Gasteiger partial charge in [-0.2, -0.15) is 0 Å². The Morgan fingerprint density at radius 2 is 1.55 bits per heavy atom.